The van der Waals surface area contributed by atoms with Crippen LogP contribution in [-0.2, 0) is 4.79 Å². The number of rotatable bonds is 3. The molecule has 0 unspecified atom stereocenters. The molecule has 1 aliphatic heterocycles. The maximum Gasteiger partial charge on any atom is 0.321 e. The Morgan fingerprint density at radius 3 is 2.90 bits per heavy atom. The SMILES string of the molecule is COc1ccc(Br)cc1NC(=O)N1CCC[C@@H](C(=O)O)C1. The third-order valence-electron chi connectivity index (χ3n) is 3.46. The van der Waals surface area contributed by atoms with Gasteiger partial charge in [-0.1, -0.05) is 15.9 Å². The summed E-state index contributed by atoms with van der Waals surface area (Å²) in [7, 11) is 1.53. The van der Waals surface area contributed by atoms with Gasteiger partial charge in [-0.2, -0.15) is 0 Å². The van der Waals surface area contributed by atoms with Crippen molar-refractivity contribution in [3.8, 4) is 5.75 Å². The second kappa shape index (κ2) is 6.80. The van der Waals surface area contributed by atoms with Crippen molar-refractivity contribution in [1.29, 1.82) is 0 Å². The number of nitrogens with one attached hydrogen (secondary N) is 1. The van der Waals surface area contributed by atoms with E-state index in [1.54, 1.807) is 12.1 Å². The lowest BCUT2D eigenvalue weighted by molar-refractivity contribution is -0.143. The highest BCUT2D eigenvalue weighted by molar-refractivity contribution is 9.10. The van der Waals surface area contributed by atoms with E-state index in [1.807, 2.05) is 6.07 Å². The summed E-state index contributed by atoms with van der Waals surface area (Å²) in [4.78, 5) is 24.8. The van der Waals surface area contributed by atoms with Gasteiger partial charge in [0.05, 0.1) is 18.7 Å². The number of halogens is 1. The van der Waals surface area contributed by atoms with Crippen molar-refractivity contribution >= 4 is 33.6 Å². The molecule has 114 valence electrons. The van der Waals surface area contributed by atoms with E-state index in [1.165, 1.54) is 12.0 Å². The summed E-state index contributed by atoms with van der Waals surface area (Å²) in [6.45, 7) is 0.795. The molecule has 1 fully saturated rings. The molecule has 1 saturated heterocycles. The molecule has 2 rings (SSSR count). The van der Waals surface area contributed by atoms with Crippen LogP contribution in [-0.4, -0.2) is 42.2 Å². The topological polar surface area (TPSA) is 78.9 Å². The molecule has 0 spiro atoms. The maximum absolute atomic E-state index is 12.3. The van der Waals surface area contributed by atoms with Crippen LogP contribution in [0, 0.1) is 5.92 Å². The largest absolute Gasteiger partial charge is 0.495 e. The van der Waals surface area contributed by atoms with E-state index in [9.17, 15) is 9.59 Å². The number of carboxylic acid groups (broad SMARTS) is 1. The Bertz CT molecular complexity index is 550. The third-order valence-corrected chi connectivity index (χ3v) is 3.95. The average molecular weight is 357 g/mol. The number of amides is 2. The zero-order chi connectivity index (χ0) is 15.4. The number of carbonyl (C=O) groups is 2. The Kier molecular flexibility index (Phi) is 5.06. The van der Waals surface area contributed by atoms with Crippen LogP contribution in [0.3, 0.4) is 0 Å². The number of anilines is 1. The molecule has 0 aliphatic carbocycles. The molecule has 0 saturated carbocycles. The number of piperidine rings is 1. The van der Waals surface area contributed by atoms with E-state index in [0.717, 1.165) is 4.47 Å². The van der Waals surface area contributed by atoms with Crippen LogP contribution in [0.2, 0.25) is 0 Å². The molecule has 0 radical (unpaired) electrons. The van der Waals surface area contributed by atoms with Crippen LogP contribution in [0.1, 0.15) is 12.8 Å². The van der Waals surface area contributed by atoms with Gasteiger partial charge >= 0.3 is 12.0 Å². The number of ether oxygens (including phenoxy) is 1. The highest BCUT2D eigenvalue weighted by Crippen LogP contribution is 2.28. The minimum absolute atomic E-state index is 0.234. The molecule has 0 bridgehead atoms. The molecule has 1 aromatic rings. The lowest BCUT2D eigenvalue weighted by Crippen LogP contribution is -2.44. The van der Waals surface area contributed by atoms with Crippen LogP contribution in [0.15, 0.2) is 22.7 Å². The number of hydrogen-bond donors (Lipinski definition) is 2. The lowest BCUT2D eigenvalue weighted by atomic mass is 9.99. The zero-order valence-corrected chi connectivity index (χ0v) is 13.2. The predicted molar refractivity (Wildman–Crippen MR) is 81.6 cm³/mol. The van der Waals surface area contributed by atoms with E-state index in [0.29, 0.717) is 30.8 Å². The van der Waals surface area contributed by atoms with Crippen LogP contribution in [0.4, 0.5) is 10.5 Å². The first-order valence-electron chi connectivity index (χ1n) is 6.63. The van der Waals surface area contributed by atoms with E-state index >= 15 is 0 Å². The first-order chi connectivity index (χ1) is 10.0. The molecule has 7 heteroatoms. The van der Waals surface area contributed by atoms with Crippen molar-refractivity contribution in [2.75, 3.05) is 25.5 Å². The summed E-state index contributed by atoms with van der Waals surface area (Å²) >= 11 is 3.34. The molecule has 1 aliphatic rings. The van der Waals surface area contributed by atoms with Crippen LogP contribution in [0.5, 0.6) is 5.75 Å². The minimum atomic E-state index is -0.854. The number of likely N-dealkylation sites (tertiary alicyclic amines) is 1. The Morgan fingerprint density at radius 1 is 1.48 bits per heavy atom. The van der Waals surface area contributed by atoms with Gasteiger partial charge in [0.15, 0.2) is 0 Å². The number of carbonyl (C=O) groups excluding carboxylic acids is 1. The van der Waals surface area contributed by atoms with Gasteiger partial charge in [0.25, 0.3) is 0 Å². The monoisotopic (exact) mass is 356 g/mol. The smallest absolute Gasteiger partial charge is 0.321 e. The predicted octanol–water partition coefficient (Wildman–Crippen LogP) is 2.79. The summed E-state index contributed by atoms with van der Waals surface area (Å²) in [6.07, 6.45) is 1.30. The second-order valence-electron chi connectivity index (χ2n) is 4.90. The Hall–Kier alpha value is -1.76. The summed E-state index contributed by atoms with van der Waals surface area (Å²) in [5, 5.41) is 11.8. The Balaban J connectivity index is 2.07. The highest BCUT2D eigenvalue weighted by Gasteiger charge is 2.28. The van der Waals surface area contributed by atoms with E-state index in [4.69, 9.17) is 9.84 Å². The molecular weight excluding hydrogens is 340 g/mol. The number of aliphatic carboxylic acids is 1. The molecule has 6 nitrogen and oxygen atoms in total. The fourth-order valence-corrected chi connectivity index (χ4v) is 2.70. The van der Waals surface area contributed by atoms with Crippen molar-refractivity contribution in [1.82, 2.24) is 4.90 Å². The second-order valence-corrected chi connectivity index (χ2v) is 5.81. The molecule has 1 heterocycles. The van der Waals surface area contributed by atoms with Crippen molar-refractivity contribution < 1.29 is 19.4 Å². The minimum Gasteiger partial charge on any atom is -0.495 e. The van der Waals surface area contributed by atoms with E-state index in [-0.39, 0.29) is 12.6 Å². The summed E-state index contributed by atoms with van der Waals surface area (Å²) < 4.78 is 6.02. The third kappa shape index (κ3) is 3.87. The summed E-state index contributed by atoms with van der Waals surface area (Å²) in [5.41, 5.74) is 0.550. The number of urea groups is 1. The first-order valence-corrected chi connectivity index (χ1v) is 7.43. The highest BCUT2D eigenvalue weighted by atomic mass is 79.9. The Morgan fingerprint density at radius 2 is 2.24 bits per heavy atom. The van der Waals surface area contributed by atoms with Crippen molar-refractivity contribution in [3.63, 3.8) is 0 Å². The summed E-state index contributed by atoms with van der Waals surface area (Å²) in [6, 6.07) is 5.00. The summed E-state index contributed by atoms with van der Waals surface area (Å²) in [5.74, 6) is -0.792. The molecule has 1 aromatic carbocycles. The number of hydrogen-bond acceptors (Lipinski definition) is 3. The molecule has 21 heavy (non-hydrogen) atoms. The van der Waals surface area contributed by atoms with Gasteiger partial charge in [0, 0.05) is 17.6 Å². The van der Waals surface area contributed by atoms with Gasteiger partial charge < -0.3 is 20.1 Å². The van der Waals surface area contributed by atoms with Gasteiger partial charge in [-0.25, -0.2) is 4.79 Å². The van der Waals surface area contributed by atoms with Crippen LogP contribution in [0.25, 0.3) is 0 Å². The molecule has 2 amide bonds. The van der Waals surface area contributed by atoms with E-state index < -0.39 is 11.9 Å². The normalized spacial score (nSPS) is 18.2. The number of carboxylic acids is 1. The fraction of sp³-hybridized carbons (Fsp3) is 0.429. The van der Waals surface area contributed by atoms with Gasteiger partial charge in [-0.3, -0.25) is 4.79 Å². The first kappa shape index (κ1) is 15.6. The molecular formula is C14H17BrN2O4. The number of methoxy groups -OCH3 is 1. The van der Waals surface area contributed by atoms with Gasteiger partial charge in [0.2, 0.25) is 0 Å². The lowest BCUT2D eigenvalue weighted by Gasteiger charge is -2.30. The average Bonchev–Trinajstić information content (AvgIpc) is 2.47. The van der Waals surface area contributed by atoms with Gasteiger partial charge in [0.1, 0.15) is 5.75 Å². The van der Waals surface area contributed by atoms with Crippen molar-refractivity contribution in [2.24, 2.45) is 5.92 Å². The molecule has 1 atom stereocenters. The molecule has 0 aromatic heterocycles. The standard InChI is InChI=1S/C14H17BrN2O4/c1-21-12-5-4-10(15)7-11(12)16-14(20)17-6-2-3-9(8-17)13(18)19/h4-5,7,9H,2-3,6,8H2,1H3,(H,16,20)(H,18,19)/t9-/m1/s1. The van der Waals surface area contributed by atoms with Crippen molar-refractivity contribution in [2.45, 2.75) is 12.8 Å². The number of benzene rings is 1. The van der Waals surface area contributed by atoms with Gasteiger partial charge in [-0.15, -0.1) is 0 Å². The van der Waals surface area contributed by atoms with Gasteiger partial charge in [-0.05, 0) is 31.0 Å². The van der Waals surface area contributed by atoms with Crippen molar-refractivity contribution in [3.05, 3.63) is 22.7 Å². The van der Waals surface area contributed by atoms with E-state index in [2.05, 4.69) is 21.2 Å². The zero-order valence-electron chi connectivity index (χ0n) is 11.6. The van der Waals surface area contributed by atoms with Crippen LogP contribution < -0.4 is 10.1 Å². The Labute approximate surface area is 131 Å². The molecule has 2 N–H and O–H groups in total. The fourth-order valence-electron chi connectivity index (χ4n) is 2.34. The number of nitrogens with zero attached hydrogens (tertiary/aromatic N) is 1. The van der Waals surface area contributed by atoms with Crippen LogP contribution >= 0.6 is 15.9 Å². The quantitative estimate of drug-likeness (QED) is 0.872. The maximum atomic E-state index is 12.3.